The highest BCUT2D eigenvalue weighted by atomic mass is 16.5. The summed E-state index contributed by atoms with van der Waals surface area (Å²) in [5, 5.41) is 3.35. The zero-order valence-corrected chi connectivity index (χ0v) is 9.92. The molecule has 0 aliphatic carbocycles. The Kier molecular flexibility index (Phi) is 5.19. The van der Waals surface area contributed by atoms with E-state index in [1.165, 1.54) is 11.3 Å². The van der Waals surface area contributed by atoms with Crippen molar-refractivity contribution < 1.29 is 4.74 Å². The molecule has 0 atom stereocenters. The van der Waals surface area contributed by atoms with E-state index in [9.17, 15) is 0 Å². The summed E-state index contributed by atoms with van der Waals surface area (Å²) < 4.78 is 5.46. The highest BCUT2D eigenvalue weighted by molar-refractivity contribution is 5.45. The normalized spacial score (nSPS) is 10.7. The van der Waals surface area contributed by atoms with Crippen molar-refractivity contribution in [3.63, 3.8) is 0 Å². The van der Waals surface area contributed by atoms with Gasteiger partial charge in [0.2, 0.25) is 0 Å². The molecule has 0 fully saturated rings. The predicted molar refractivity (Wildman–Crippen MR) is 65.4 cm³/mol. The zero-order valence-electron chi connectivity index (χ0n) is 9.92. The van der Waals surface area contributed by atoms with Crippen LogP contribution in [0.1, 0.15) is 26.3 Å². The van der Waals surface area contributed by atoms with Crippen LogP contribution in [0.2, 0.25) is 0 Å². The highest BCUT2D eigenvalue weighted by Gasteiger charge is 1.95. The minimum Gasteiger partial charge on any atom is -0.383 e. The van der Waals surface area contributed by atoms with Crippen molar-refractivity contribution in [2.75, 3.05) is 18.5 Å². The summed E-state index contributed by atoms with van der Waals surface area (Å²) in [4.78, 5) is 0. The van der Waals surface area contributed by atoms with Crippen molar-refractivity contribution in [1.82, 2.24) is 0 Å². The molecule has 0 spiro atoms. The molecule has 1 aromatic rings. The fourth-order valence-corrected chi connectivity index (χ4v) is 1.39. The molecule has 0 aromatic heterocycles. The van der Waals surface area contributed by atoms with Crippen LogP contribution >= 0.6 is 0 Å². The Morgan fingerprint density at radius 3 is 2.80 bits per heavy atom. The standard InChI is InChI=1S/C13H21NO/c1-4-12-6-5-7-13(10-12)14-8-9-15-11(2)3/h5-7,10-11,14H,4,8-9H2,1-3H3. The van der Waals surface area contributed by atoms with E-state index in [1.807, 2.05) is 0 Å². The third kappa shape index (κ3) is 4.84. The van der Waals surface area contributed by atoms with Gasteiger partial charge in [-0.2, -0.15) is 0 Å². The largest absolute Gasteiger partial charge is 0.383 e. The number of anilines is 1. The lowest BCUT2D eigenvalue weighted by atomic mass is 10.1. The van der Waals surface area contributed by atoms with E-state index < -0.39 is 0 Å². The van der Waals surface area contributed by atoms with Gasteiger partial charge in [0, 0.05) is 12.2 Å². The first-order valence-corrected chi connectivity index (χ1v) is 5.66. The van der Waals surface area contributed by atoms with Gasteiger partial charge in [-0.3, -0.25) is 0 Å². The van der Waals surface area contributed by atoms with Gasteiger partial charge in [-0.05, 0) is 38.0 Å². The van der Waals surface area contributed by atoms with Gasteiger partial charge < -0.3 is 10.1 Å². The van der Waals surface area contributed by atoms with E-state index in [0.29, 0.717) is 6.10 Å². The maximum Gasteiger partial charge on any atom is 0.0642 e. The quantitative estimate of drug-likeness (QED) is 0.724. The summed E-state index contributed by atoms with van der Waals surface area (Å²) in [6.45, 7) is 7.90. The molecule has 15 heavy (non-hydrogen) atoms. The molecule has 0 saturated carbocycles. The number of benzene rings is 1. The summed E-state index contributed by atoms with van der Waals surface area (Å²) in [5.74, 6) is 0. The van der Waals surface area contributed by atoms with Crippen LogP contribution in [0.4, 0.5) is 5.69 Å². The fraction of sp³-hybridized carbons (Fsp3) is 0.538. The molecule has 84 valence electrons. The van der Waals surface area contributed by atoms with Crippen LogP contribution in [0.15, 0.2) is 24.3 Å². The Hall–Kier alpha value is -1.02. The fourth-order valence-electron chi connectivity index (χ4n) is 1.39. The molecular formula is C13H21NO. The first kappa shape index (κ1) is 12.1. The van der Waals surface area contributed by atoms with Gasteiger partial charge in [-0.1, -0.05) is 19.1 Å². The molecule has 2 heteroatoms. The van der Waals surface area contributed by atoms with E-state index in [4.69, 9.17) is 4.74 Å². The van der Waals surface area contributed by atoms with Crippen molar-refractivity contribution in [2.24, 2.45) is 0 Å². The number of aryl methyl sites for hydroxylation is 1. The Bertz CT molecular complexity index is 284. The molecule has 0 radical (unpaired) electrons. The van der Waals surface area contributed by atoms with Gasteiger partial charge in [0.25, 0.3) is 0 Å². The van der Waals surface area contributed by atoms with Gasteiger partial charge in [-0.25, -0.2) is 0 Å². The van der Waals surface area contributed by atoms with E-state index in [1.54, 1.807) is 0 Å². The molecule has 0 bridgehead atoms. The number of ether oxygens (including phenoxy) is 1. The first-order chi connectivity index (χ1) is 7.22. The molecule has 0 heterocycles. The Morgan fingerprint density at radius 1 is 1.33 bits per heavy atom. The van der Waals surface area contributed by atoms with Crippen LogP contribution in [-0.2, 0) is 11.2 Å². The lowest BCUT2D eigenvalue weighted by Crippen LogP contribution is -2.13. The summed E-state index contributed by atoms with van der Waals surface area (Å²) in [6.07, 6.45) is 1.40. The summed E-state index contributed by atoms with van der Waals surface area (Å²) in [6, 6.07) is 8.52. The Balaban J connectivity index is 2.30. The van der Waals surface area contributed by atoms with Crippen LogP contribution < -0.4 is 5.32 Å². The minimum atomic E-state index is 0.314. The molecule has 0 aliphatic heterocycles. The van der Waals surface area contributed by atoms with Crippen LogP contribution in [0.3, 0.4) is 0 Å². The Morgan fingerprint density at radius 2 is 2.13 bits per heavy atom. The van der Waals surface area contributed by atoms with Gasteiger partial charge in [0.05, 0.1) is 12.7 Å². The van der Waals surface area contributed by atoms with Crippen LogP contribution in [-0.4, -0.2) is 19.3 Å². The van der Waals surface area contributed by atoms with Crippen molar-refractivity contribution in [3.8, 4) is 0 Å². The van der Waals surface area contributed by atoms with E-state index in [2.05, 4.69) is 50.4 Å². The molecule has 0 unspecified atom stereocenters. The maximum atomic E-state index is 5.46. The van der Waals surface area contributed by atoms with Gasteiger partial charge >= 0.3 is 0 Å². The molecular weight excluding hydrogens is 186 g/mol. The van der Waals surface area contributed by atoms with Gasteiger partial charge in [0.15, 0.2) is 0 Å². The van der Waals surface area contributed by atoms with Crippen molar-refractivity contribution in [3.05, 3.63) is 29.8 Å². The topological polar surface area (TPSA) is 21.3 Å². The smallest absolute Gasteiger partial charge is 0.0642 e. The molecule has 1 aromatic carbocycles. The second-order valence-corrected chi connectivity index (χ2v) is 3.90. The average molecular weight is 207 g/mol. The second kappa shape index (κ2) is 6.46. The Labute approximate surface area is 92.6 Å². The second-order valence-electron chi connectivity index (χ2n) is 3.90. The zero-order chi connectivity index (χ0) is 11.1. The number of nitrogens with one attached hydrogen (secondary N) is 1. The molecule has 0 amide bonds. The predicted octanol–water partition coefficient (Wildman–Crippen LogP) is 3.09. The van der Waals surface area contributed by atoms with Crippen LogP contribution in [0.5, 0.6) is 0 Å². The summed E-state index contributed by atoms with van der Waals surface area (Å²) in [5.41, 5.74) is 2.55. The lowest BCUT2D eigenvalue weighted by Gasteiger charge is -2.10. The SMILES string of the molecule is CCc1cccc(NCCOC(C)C)c1. The van der Waals surface area contributed by atoms with Crippen molar-refractivity contribution in [1.29, 1.82) is 0 Å². The van der Waals surface area contributed by atoms with Gasteiger partial charge in [-0.15, -0.1) is 0 Å². The van der Waals surface area contributed by atoms with E-state index in [0.717, 1.165) is 19.6 Å². The third-order valence-electron chi connectivity index (χ3n) is 2.22. The average Bonchev–Trinajstić information content (AvgIpc) is 2.24. The van der Waals surface area contributed by atoms with Crippen molar-refractivity contribution in [2.45, 2.75) is 33.3 Å². The molecule has 0 saturated heterocycles. The molecule has 1 N–H and O–H groups in total. The summed E-state index contributed by atoms with van der Waals surface area (Å²) >= 11 is 0. The van der Waals surface area contributed by atoms with Gasteiger partial charge in [0.1, 0.15) is 0 Å². The molecule has 1 rings (SSSR count). The van der Waals surface area contributed by atoms with Crippen molar-refractivity contribution >= 4 is 5.69 Å². The molecule has 2 nitrogen and oxygen atoms in total. The monoisotopic (exact) mass is 207 g/mol. The van der Waals surface area contributed by atoms with E-state index >= 15 is 0 Å². The first-order valence-electron chi connectivity index (χ1n) is 5.66. The molecule has 0 aliphatic rings. The summed E-state index contributed by atoms with van der Waals surface area (Å²) in [7, 11) is 0. The van der Waals surface area contributed by atoms with Crippen LogP contribution in [0, 0.1) is 0 Å². The third-order valence-corrected chi connectivity index (χ3v) is 2.22. The highest BCUT2D eigenvalue weighted by Crippen LogP contribution is 2.10. The van der Waals surface area contributed by atoms with Crippen LogP contribution in [0.25, 0.3) is 0 Å². The number of hydrogen-bond acceptors (Lipinski definition) is 2. The lowest BCUT2D eigenvalue weighted by molar-refractivity contribution is 0.0870. The van der Waals surface area contributed by atoms with E-state index in [-0.39, 0.29) is 0 Å². The number of rotatable bonds is 6. The number of hydrogen-bond donors (Lipinski definition) is 1. The maximum absolute atomic E-state index is 5.46. The minimum absolute atomic E-state index is 0.314.